The lowest BCUT2D eigenvalue weighted by Gasteiger charge is -2.20. The summed E-state index contributed by atoms with van der Waals surface area (Å²) in [6, 6.07) is 6.17. The fraction of sp³-hybridized carbons (Fsp3) is 0.333. The predicted octanol–water partition coefficient (Wildman–Crippen LogP) is 5.52. The van der Waals surface area contributed by atoms with Gasteiger partial charge in [-0.15, -0.1) is 11.3 Å². The third-order valence-electron chi connectivity index (χ3n) is 5.35. The number of imidazole rings is 1. The van der Waals surface area contributed by atoms with Crippen LogP contribution in [0.15, 0.2) is 51.5 Å². The molecule has 0 amide bonds. The van der Waals surface area contributed by atoms with Gasteiger partial charge in [-0.2, -0.15) is 0 Å². The molecule has 8 nitrogen and oxygen atoms in total. The van der Waals surface area contributed by atoms with Crippen molar-refractivity contribution in [2.24, 2.45) is 0 Å². The van der Waals surface area contributed by atoms with Gasteiger partial charge in [-0.05, 0) is 58.9 Å². The van der Waals surface area contributed by atoms with Gasteiger partial charge in [0.05, 0.1) is 6.26 Å². The van der Waals surface area contributed by atoms with Gasteiger partial charge in [0.25, 0.3) is 0 Å². The van der Waals surface area contributed by atoms with Crippen molar-refractivity contribution < 1.29 is 4.42 Å². The van der Waals surface area contributed by atoms with Gasteiger partial charge in [-0.25, -0.2) is 19.9 Å². The van der Waals surface area contributed by atoms with Gasteiger partial charge in [0.2, 0.25) is 0 Å². The summed E-state index contributed by atoms with van der Waals surface area (Å²) >= 11 is 3.25. The van der Waals surface area contributed by atoms with Crippen LogP contribution in [-0.4, -0.2) is 36.6 Å². The van der Waals surface area contributed by atoms with E-state index in [9.17, 15) is 0 Å². The van der Waals surface area contributed by atoms with Crippen LogP contribution in [0.5, 0.6) is 0 Å². The van der Waals surface area contributed by atoms with E-state index in [0.717, 1.165) is 56.7 Å². The van der Waals surface area contributed by atoms with Crippen LogP contribution in [-0.2, 0) is 6.54 Å². The first-order valence-corrected chi connectivity index (χ1v) is 12.8. The molecule has 0 aliphatic rings. The molecule has 5 aromatic rings. The Morgan fingerprint density at radius 2 is 2.06 bits per heavy atom. The summed E-state index contributed by atoms with van der Waals surface area (Å²) in [5.74, 6) is 0.385. The van der Waals surface area contributed by atoms with Crippen LogP contribution < -0.4 is 11.1 Å². The third kappa shape index (κ3) is 4.66. The highest BCUT2D eigenvalue weighted by atomic mass is 32.2. The molecule has 10 heteroatoms. The number of nitrogen functional groups attached to an aromatic ring is 1. The van der Waals surface area contributed by atoms with Crippen LogP contribution in [0.1, 0.15) is 32.1 Å². The second kappa shape index (κ2) is 9.01. The van der Waals surface area contributed by atoms with Crippen molar-refractivity contribution in [1.82, 2.24) is 29.8 Å². The minimum Gasteiger partial charge on any atom is -0.464 e. The van der Waals surface area contributed by atoms with Crippen molar-refractivity contribution in [3.8, 4) is 10.6 Å². The first-order chi connectivity index (χ1) is 16.3. The van der Waals surface area contributed by atoms with Crippen LogP contribution in [0, 0.1) is 6.92 Å². The molecule has 5 rings (SSSR count). The number of fused-ring (bicyclic) bond motifs is 2. The lowest BCUT2D eigenvalue weighted by Crippen LogP contribution is -2.36. The average molecular weight is 494 g/mol. The Morgan fingerprint density at radius 3 is 2.82 bits per heavy atom. The second-order valence-electron chi connectivity index (χ2n) is 9.19. The van der Waals surface area contributed by atoms with Gasteiger partial charge < -0.3 is 20.0 Å². The molecular formula is C24H27N7OS2. The van der Waals surface area contributed by atoms with E-state index >= 15 is 0 Å². The molecule has 0 aliphatic heterocycles. The summed E-state index contributed by atoms with van der Waals surface area (Å²) in [6.45, 7) is 10.2. The van der Waals surface area contributed by atoms with Crippen LogP contribution in [0.3, 0.4) is 0 Å². The molecule has 0 saturated carbocycles. The van der Waals surface area contributed by atoms with Gasteiger partial charge in [0, 0.05) is 39.0 Å². The molecule has 3 N–H and O–H groups in total. The predicted molar refractivity (Wildman–Crippen MR) is 138 cm³/mol. The lowest BCUT2D eigenvalue weighted by molar-refractivity contribution is 0.412. The van der Waals surface area contributed by atoms with Crippen LogP contribution in [0.4, 0.5) is 5.82 Å². The van der Waals surface area contributed by atoms with Gasteiger partial charge in [0.1, 0.15) is 16.9 Å². The SMILES string of the molecule is Cc1cnc(-c2cc3ccoc3cc2Sc2nc3c(N)ncnc3n2CCCNC(C)(C)C)s1. The number of nitrogens with two attached hydrogens (primary N) is 1. The van der Waals surface area contributed by atoms with Crippen molar-refractivity contribution in [2.45, 2.75) is 56.3 Å². The zero-order chi connectivity index (χ0) is 23.9. The highest BCUT2D eigenvalue weighted by Gasteiger charge is 2.20. The molecule has 0 bridgehead atoms. The topological polar surface area (TPSA) is 108 Å². The number of nitrogens with one attached hydrogen (secondary N) is 1. The van der Waals surface area contributed by atoms with Crippen LogP contribution in [0.2, 0.25) is 0 Å². The molecule has 4 aromatic heterocycles. The van der Waals surface area contributed by atoms with E-state index in [0.29, 0.717) is 11.3 Å². The third-order valence-corrected chi connectivity index (χ3v) is 7.34. The maximum Gasteiger partial charge on any atom is 0.175 e. The molecule has 0 radical (unpaired) electrons. The average Bonchev–Trinajstić information content (AvgIpc) is 3.49. The van der Waals surface area contributed by atoms with Crippen molar-refractivity contribution in [3.63, 3.8) is 0 Å². The number of furan rings is 1. The van der Waals surface area contributed by atoms with Gasteiger partial charge in [-0.3, -0.25) is 0 Å². The normalized spacial score (nSPS) is 12.2. The summed E-state index contributed by atoms with van der Waals surface area (Å²) in [5, 5.41) is 6.38. The molecule has 0 atom stereocenters. The van der Waals surface area contributed by atoms with Gasteiger partial charge >= 0.3 is 0 Å². The van der Waals surface area contributed by atoms with E-state index in [2.05, 4.69) is 64.7 Å². The van der Waals surface area contributed by atoms with Crippen molar-refractivity contribution in [3.05, 3.63) is 41.9 Å². The van der Waals surface area contributed by atoms with Gasteiger partial charge in [0.15, 0.2) is 22.1 Å². The highest BCUT2D eigenvalue weighted by molar-refractivity contribution is 7.99. The number of benzene rings is 1. The Bertz CT molecular complexity index is 1460. The Kier molecular flexibility index (Phi) is 6.05. The van der Waals surface area contributed by atoms with E-state index in [1.807, 2.05) is 12.3 Å². The Labute approximate surface area is 206 Å². The van der Waals surface area contributed by atoms with E-state index < -0.39 is 0 Å². The largest absolute Gasteiger partial charge is 0.464 e. The maximum absolute atomic E-state index is 6.16. The molecule has 1 aromatic carbocycles. The quantitative estimate of drug-likeness (QED) is 0.286. The molecule has 4 heterocycles. The number of nitrogens with zero attached hydrogens (tertiary/aromatic N) is 5. The summed E-state index contributed by atoms with van der Waals surface area (Å²) in [4.78, 5) is 20.3. The smallest absolute Gasteiger partial charge is 0.175 e. The fourth-order valence-electron chi connectivity index (χ4n) is 3.73. The number of thiazole rings is 1. The molecule has 0 spiro atoms. The molecule has 0 aliphatic carbocycles. The molecular weight excluding hydrogens is 466 g/mol. The number of anilines is 1. The first kappa shape index (κ1) is 22.8. The highest BCUT2D eigenvalue weighted by Crippen LogP contribution is 2.41. The Balaban J connectivity index is 1.55. The van der Waals surface area contributed by atoms with Crippen molar-refractivity contribution in [2.75, 3.05) is 12.3 Å². The number of aryl methyl sites for hydroxylation is 2. The Morgan fingerprint density at radius 1 is 1.21 bits per heavy atom. The summed E-state index contributed by atoms with van der Waals surface area (Å²) < 4.78 is 7.83. The van der Waals surface area contributed by atoms with E-state index in [1.54, 1.807) is 29.4 Å². The van der Waals surface area contributed by atoms with Crippen LogP contribution >= 0.6 is 23.1 Å². The van der Waals surface area contributed by atoms with Crippen molar-refractivity contribution >= 4 is 51.0 Å². The molecule has 0 saturated heterocycles. The summed E-state index contributed by atoms with van der Waals surface area (Å²) in [7, 11) is 0. The zero-order valence-electron chi connectivity index (χ0n) is 19.6. The summed E-state index contributed by atoms with van der Waals surface area (Å²) in [5.41, 5.74) is 9.49. The standard InChI is InChI=1S/C24H27N7OS2/c1-14-12-26-22(33-14)16-10-15-6-9-32-17(15)11-18(16)34-23-30-19-20(25)27-13-28-21(19)31(23)8-5-7-29-24(2,3)4/h6,9-13,29H,5,7-8H2,1-4H3,(H2,25,27,28). The fourth-order valence-corrected chi connectivity index (χ4v) is 5.65. The number of hydrogen-bond donors (Lipinski definition) is 2. The first-order valence-electron chi connectivity index (χ1n) is 11.1. The lowest BCUT2D eigenvalue weighted by atomic mass is 10.1. The minimum atomic E-state index is 0.0698. The molecule has 0 fully saturated rings. The molecule has 176 valence electrons. The van der Waals surface area contributed by atoms with E-state index in [-0.39, 0.29) is 5.54 Å². The van der Waals surface area contributed by atoms with Gasteiger partial charge in [-0.1, -0.05) is 11.8 Å². The van der Waals surface area contributed by atoms with E-state index in [1.165, 1.54) is 11.2 Å². The number of rotatable bonds is 7. The van der Waals surface area contributed by atoms with Crippen molar-refractivity contribution in [1.29, 1.82) is 0 Å². The number of hydrogen-bond acceptors (Lipinski definition) is 9. The molecule has 34 heavy (non-hydrogen) atoms. The Hall–Kier alpha value is -2.95. The van der Waals surface area contributed by atoms with E-state index in [4.69, 9.17) is 15.1 Å². The molecule has 0 unspecified atom stereocenters. The number of aromatic nitrogens is 5. The summed E-state index contributed by atoms with van der Waals surface area (Å²) in [6.07, 6.45) is 6.04. The van der Waals surface area contributed by atoms with Crippen LogP contribution in [0.25, 0.3) is 32.7 Å². The zero-order valence-corrected chi connectivity index (χ0v) is 21.3. The monoisotopic (exact) mass is 493 g/mol. The minimum absolute atomic E-state index is 0.0698. The second-order valence-corrected chi connectivity index (χ2v) is 11.4. The maximum atomic E-state index is 6.16.